The first-order valence-corrected chi connectivity index (χ1v) is 16.0. The summed E-state index contributed by atoms with van der Waals surface area (Å²) in [6.07, 6.45) is 2.20. The van der Waals surface area contributed by atoms with E-state index in [0.717, 1.165) is 30.7 Å². The SMILES string of the molecule is [C-]#[N+]c1c(OCC23CCCN2CC(F)C3)nc2c(F)c(-c3ccc(F)c4sc(N)nc34)c(Cl)cc2c1N(C)C1CN(C(=O)C=C)C1. The molecule has 5 heterocycles. The Balaban J connectivity index is 1.39. The van der Waals surface area contributed by atoms with E-state index in [1.54, 1.807) is 11.9 Å². The second kappa shape index (κ2) is 11.3. The van der Waals surface area contributed by atoms with Gasteiger partial charge in [-0.2, -0.15) is 0 Å². The summed E-state index contributed by atoms with van der Waals surface area (Å²) in [6, 6.07) is 3.93. The topological polar surface area (TPSA) is 92.2 Å². The molecular formula is C32H29ClF3N7O2S. The van der Waals surface area contributed by atoms with Crippen LogP contribution in [0.5, 0.6) is 5.88 Å². The Morgan fingerprint density at radius 1 is 1.33 bits per heavy atom. The number of anilines is 2. The summed E-state index contributed by atoms with van der Waals surface area (Å²) in [4.78, 5) is 30.3. The van der Waals surface area contributed by atoms with E-state index in [9.17, 15) is 13.6 Å². The van der Waals surface area contributed by atoms with Crippen LogP contribution in [0, 0.1) is 18.2 Å². The van der Waals surface area contributed by atoms with Gasteiger partial charge in [-0.3, -0.25) is 9.69 Å². The molecule has 0 spiro atoms. The summed E-state index contributed by atoms with van der Waals surface area (Å²) in [6.45, 7) is 13.6. The molecule has 1 amide bonds. The van der Waals surface area contributed by atoms with Crippen molar-refractivity contribution in [1.29, 1.82) is 0 Å². The molecule has 7 rings (SSSR count). The van der Waals surface area contributed by atoms with Gasteiger partial charge in [-0.25, -0.2) is 28.0 Å². The lowest BCUT2D eigenvalue weighted by Gasteiger charge is -2.45. The number of alkyl halides is 1. The highest BCUT2D eigenvalue weighted by Gasteiger charge is 2.49. The van der Waals surface area contributed by atoms with Gasteiger partial charge in [0.15, 0.2) is 10.9 Å². The molecule has 0 bridgehead atoms. The maximum atomic E-state index is 16.9. The molecule has 14 heteroatoms. The molecule has 2 atom stereocenters. The quantitative estimate of drug-likeness (QED) is 0.181. The van der Waals surface area contributed by atoms with E-state index in [4.69, 9.17) is 28.6 Å². The molecule has 0 aliphatic carbocycles. The van der Waals surface area contributed by atoms with E-state index in [0.29, 0.717) is 31.7 Å². The zero-order valence-corrected chi connectivity index (χ0v) is 26.4. The van der Waals surface area contributed by atoms with Crippen molar-refractivity contribution in [3.8, 4) is 17.0 Å². The molecule has 3 saturated heterocycles. The van der Waals surface area contributed by atoms with Gasteiger partial charge in [0.1, 0.15) is 24.1 Å². The Kier molecular flexibility index (Phi) is 7.49. The van der Waals surface area contributed by atoms with Gasteiger partial charge >= 0.3 is 0 Å². The smallest absolute Gasteiger partial charge is 0.270 e. The molecule has 238 valence electrons. The normalized spacial score (nSPS) is 21.4. The Morgan fingerprint density at radius 3 is 2.85 bits per heavy atom. The van der Waals surface area contributed by atoms with Crippen molar-refractivity contribution in [2.45, 2.75) is 37.0 Å². The molecule has 0 radical (unpaired) electrons. The third kappa shape index (κ3) is 4.73. The predicted octanol–water partition coefficient (Wildman–Crippen LogP) is 6.36. The number of pyridine rings is 1. The van der Waals surface area contributed by atoms with Crippen LogP contribution in [0.15, 0.2) is 30.9 Å². The molecule has 9 nitrogen and oxygen atoms in total. The minimum absolute atomic E-state index is 0.00280. The fourth-order valence-corrected chi connectivity index (χ4v) is 8.18. The first kappa shape index (κ1) is 30.5. The minimum Gasteiger partial charge on any atom is -0.484 e. The van der Waals surface area contributed by atoms with Gasteiger partial charge in [-0.15, -0.1) is 0 Å². The number of nitrogens with two attached hydrogens (primary N) is 1. The molecule has 3 aliphatic heterocycles. The number of nitrogen functional groups attached to an aromatic ring is 1. The molecular weight excluding hydrogens is 639 g/mol. The number of benzene rings is 2. The average Bonchev–Trinajstić information content (AvgIpc) is 3.67. The highest BCUT2D eigenvalue weighted by molar-refractivity contribution is 7.22. The first-order chi connectivity index (χ1) is 22.0. The second-order valence-corrected chi connectivity index (χ2v) is 13.5. The van der Waals surface area contributed by atoms with Crippen molar-refractivity contribution in [3.63, 3.8) is 0 Å². The van der Waals surface area contributed by atoms with Crippen LogP contribution in [0.25, 0.3) is 37.1 Å². The van der Waals surface area contributed by atoms with E-state index in [2.05, 4.69) is 26.3 Å². The Labute approximate surface area is 271 Å². The van der Waals surface area contributed by atoms with Gasteiger partial charge < -0.3 is 20.3 Å². The zero-order chi connectivity index (χ0) is 32.5. The maximum Gasteiger partial charge on any atom is 0.270 e. The van der Waals surface area contributed by atoms with Crippen LogP contribution in [0.1, 0.15) is 19.3 Å². The van der Waals surface area contributed by atoms with Crippen LogP contribution in [0.3, 0.4) is 0 Å². The molecule has 4 aromatic rings. The third-order valence-electron chi connectivity index (χ3n) is 9.47. The average molecular weight is 668 g/mol. The number of hydrogen-bond donors (Lipinski definition) is 1. The lowest BCUT2D eigenvalue weighted by atomic mass is 9.95. The number of amides is 1. The van der Waals surface area contributed by atoms with Crippen molar-refractivity contribution in [3.05, 3.63) is 58.9 Å². The molecule has 2 aromatic heterocycles. The van der Waals surface area contributed by atoms with Gasteiger partial charge in [0.25, 0.3) is 5.69 Å². The van der Waals surface area contributed by atoms with Crippen molar-refractivity contribution in [2.75, 3.05) is 50.5 Å². The summed E-state index contributed by atoms with van der Waals surface area (Å²) >= 11 is 7.73. The number of thiazole rings is 1. The van der Waals surface area contributed by atoms with E-state index in [-0.39, 0.29) is 72.5 Å². The second-order valence-electron chi connectivity index (χ2n) is 12.1. The predicted molar refractivity (Wildman–Crippen MR) is 173 cm³/mol. The van der Waals surface area contributed by atoms with Crippen molar-refractivity contribution in [2.24, 2.45) is 0 Å². The summed E-state index contributed by atoms with van der Waals surface area (Å²) < 4.78 is 52.5. The number of likely N-dealkylation sites (tertiary alicyclic amines) is 1. The number of likely N-dealkylation sites (N-methyl/N-ethyl adjacent to an activating group) is 1. The van der Waals surface area contributed by atoms with Gasteiger partial charge in [0, 0.05) is 49.6 Å². The number of carbonyl (C=O) groups excluding carboxylic acids is 1. The van der Waals surface area contributed by atoms with Crippen LogP contribution in [0.4, 0.5) is 29.7 Å². The number of nitrogens with zero attached hydrogens (tertiary/aromatic N) is 6. The summed E-state index contributed by atoms with van der Waals surface area (Å²) in [5.41, 5.74) is 5.99. The van der Waals surface area contributed by atoms with E-state index in [1.807, 2.05) is 4.90 Å². The molecule has 2 aromatic carbocycles. The number of hydrogen-bond acceptors (Lipinski definition) is 8. The molecule has 46 heavy (non-hydrogen) atoms. The number of halogens is 4. The lowest BCUT2D eigenvalue weighted by Crippen LogP contribution is -2.60. The largest absolute Gasteiger partial charge is 0.484 e. The molecule has 3 aliphatic rings. The first-order valence-electron chi connectivity index (χ1n) is 14.8. The van der Waals surface area contributed by atoms with Crippen LogP contribution < -0.4 is 15.4 Å². The van der Waals surface area contributed by atoms with Crippen LogP contribution in [-0.4, -0.2) is 83.3 Å². The van der Waals surface area contributed by atoms with Gasteiger partial charge in [-0.05, 0) is 43.7 Å². The molecule has 2 N–H and O–H groups in total. The number of aromatic nitrogens is 2. The fraction of sp³-hybridized carbons (Fsp3) is 0.375. The molecule has 3 fully saturated rings. The number of ether oxygens (including phenoxy) is 1. The van der Waals surface area contributed by atoms with Gasteiger partial charge in [0.2, 0.25) is 11.8 Å². The number of fused-ring (bicyclic) bond motifs is 3. The summed E-state index contributed by atoms with van der Waals surface area (Å²) in [7, 11) is 1.76. The Morgan fingerprint density at radius 2 is 2.11 bits per heavy atom. The fourth-order valence-electron chi connectivity index (χ4n) is 7.12. The maximum absolute atomic E-state index is 16.9. The Hall–Kier alpha value is -4.12. The zero-order valence-electron chi connectivity index (χ0n) is 24.8. The van der Waals surface area contributed by atoms with Crippen molar-refractivity contribution >= 4 is 66.5 Å². The van der Waals surface area contributed by atoms with Crippen LogP contribution in [0.2, 0.25) is 5.02 Å². The minimum atomic E-state index is -0.982. The number of rotatable bonds is 7. The number of carbonyl (C=O) groups is 1. The third-order valence-corrected chi connectivity index (χ3v) is 10.7. The highest BCUT2D eigenvalue weighted by Crippen LogP contribution is 2.49. The van der Waals surface area contributed by atoms with Crippen molar-refractivity contribution in [1.82, 2.24) is 19.8 Å². The summed E-state index contributed by atoms with van der Waals surface area (Å²) in [5, 5.41) is 0.385. The monoisotopic (exact) mass is 667 g/mol. The van der Waals surface area contributed by atoms with Crippen molar-refractivity contribution < 1.29 is 22.7 Å². The van der Waals surface area contributed by atoms with Crippen LogP contribution in [-0.2, 0) is 4.79 Å². The lowest BCUT2D eigenvalue weighted by molar-refractivity contribution is -0.130. The standard InChI is InChI=1S/C32H29ClF3N7O2S/c1-4-22(44)42-13-17(14-42)41(3)28-19-10-20(33)23(18-6-7-21(35)29-26(18)40-31(37)46-29)24(36)25(19)39-30(27(28)38-2)45-15-32-8-5-9-43(32)12-16(34)11-32/h4,6-7,10,16-17H,1,5,8-9,11-15H2,3H3,(H2,37,40). The van der Waals surface area contributed by atoms with E-state index >= 15 is 4.39 Å². The van der Waals surface area contributed by atoms with E-state index < -0.39 is 23.3 Å². The molecule has 2 unspecified atom stereocenters. The Bertz CT molecular complexity index is 1980. The molecule has 0 saturated carbocycles. The van der Waals surface area contributed by atoms with Gasteiger partial charge in [0.05, 0.1) is 39.1 Å². The van der Waals surface area contributed by atoms with Gasteiger partial charge in [-0.1, -0.05) is 29.5 Å². The highest BCUT2D eigenvalue weighted by atomic mass is 35.5. The summed E-state index contributed by atoms with van der Waals surface area (Å²) in [5.74, 6) is -1.65. The van der Waals surface area contributed by atoms with E-state index in [1.165, 1.54) is 24.3 Å². The van der Waals surface area contributed by atoms with Crippen LogP contribution >= 0.6 is 22.9 Å².